The van der Waals surface area contributed by atoms with E-state index in [1.807, 2.05) is 0 Å². The van der Waals surface area contributed by atoms with Crippen LogP contribution < -0.4 is 37.1 Å². The molecule has 436 valence electrons. The first-order valence-corrected chi connectivity index (χ1v) is 34.5. The smallest absolute Gasteiger partial charge is 0.252 e. The molecule has 3 aromatic heterocycles. The molecule has 0 N–H and O–H groups in total. The fourth-order valence-electron chi connectivity index (χ4n) is 16.7. The van der Waals surface area contributed by atoms with Crippen molar-refractivity contribution in [2.75, 3.05) is 0 Å². The molecular formula is C82H86BN3Si. The molecule has 0 radical (unpaired) electrons. The summed E-state index contributed by atoms with van der Waals surface area (Å²) in [5, 5.41) is 14.4. The summed E-state index contributed by atoms with van der Waals surface area (Å²) >= 11 is 0. The summed E-state index contributed by atoms with van der Waals surface area (Å²) in [6, 6.07) is 58.3. The molecule has 1 spiro atoms. The quantitative estimate of drug-likeness (QED) is 0.146. The molecule has 0 atom stereocenters. The van der Waals surface area contributed by atoms with Crippen LogP contribution in [0.15, 0.2) is 140 Å². The lowest BCUT2D eigenvalue weighted by Gasteiger charge is -2.43. The molecule has 0 saturated carbocycles. The molecule has 0 amide bonds. The van der Waals surface area contributed by atoms with Gasteiger partial charge in [-0.25, -0.2) is 0 Å². The fourth-order valence-corrected chi connectivity index (χ4v) is 22.3. The highest BCUT2D eigenvalue weighted by molar-refractivity contribution is 7.24. The van der Waals surface area contributed by atoms with Gasteiger partial charge < -0.3 is 13.7 Å². The second kappa shape index (κ2) is 16.7. The number of hydrogen-bond donors (Lipinski definition) is 0. The predicted molar refractivity (Wildman–Crippen MR) is 381 cm³/mol. The van der Waals surface area contributed by atoms with Crippen molar-refractivity contribution in [1.82, 2.24) is 13.7 Å². The molecule has 4 aliphatic heterocycles. The molecule has 9 aromatic carbocycles. The van der Waals surface area contributed by atoms with Gasteiger partial charge >= 0.3 is 0 Å². The zero-order valence-electron chi connectivity index (χ0n) is 55.7. The lowest BCUT2D eigenvalue weighted by atomic mass is 9.34. The van der Waals surface area contributed by atoms with Crippen LogP contribution >= 0.6 is 0 Å². The van der Waals surface area contributed by atoms with Gasteiger partial charge in [-0.3, -0.25) is 0 Å². The maximum atomic E-state index is 2.87. The molecule has 12 aromatic rings. The Morgan fingerprint density at radius 3 is 1.45 bits per heavy atom. The summed E-state index contributed by atoms with van der Waals surface area (Å²) in [6.07, 6.45) is 0. The minimum atomic E-state index is -3.24. The SMILES string of the molecule is CC(C)(C)c1cccc(-n2c3cc(C(C)(C)C)ccc3c3c4c5c(C(C)(C)C)cccc5n5c4c(cc32)B2c3c-5ccc4c3-n3c5c2cc(C(C)(C)C)cc5c2cc(C(C)(C)C)cc(c23)[Si]42c3cc(C(C)(C)C)ccc3-c3ccc(C(C)(C)C)cc32)c1. The van der Waals surface area contributed by atoms with Crippen molar-refractivity contribution in [2.24, 2.45) is 0 Å². The molecule has 87 heavy (non-hydrogen) atoms. The average molecular weight is 1150 g/mol. The van der Waals surface area contributed by atoms with Crippen LogP contribution in [0, 0.1) is 0 Å². The van der Waals surface area contributed by atoms with Crippen molar-refractivity contribution in [1.29, 1.82) is 0 Å². The number of nitrogens with zero attached hydrogens (tertiary/aromatic N) is 3. The topological polar surface area (TPSA) is 14.8 Å². The fraction of sp³-hybridized carbons (Fsp3) is 0.341. The van der Waals surface area contributed by atoms with Crippen LogP contribution in [-0.2, 0) is 37.9 Å². The monoisotopic (exact) mass is 1150 g/mol. The van der Waals surface area contributed by atoms with Gasteiger partial charge in [0.05, 0.1) is 27.6 Å². The van der Waals surface area contributed by atoms with E-state index >= 15 is 0 Å². The molecule has 5 heteroatoms. The van der Waals surface area contributed by atoms with Crippen molar-refractivity contribution in [3.63, 3.8) is 0 Å². The van der Waals surface area contributed by atoms with E-state index in [-0.39, 0.29) is 44.6 Å². The summed E-state index contributed by atoms with van der Waals surface area (Å²) < 4.78 is 8.33. The highest BCUT2D eigenvalue weighted by atomic mass is 28.3. The molecule has 7 heterocycles. The van der Waals surface area contributed by atoms with Gasteiger partial charge in [0.2, 0.25) is 0 Å². The molecule has 0 aliphatic carbocycles. The maximum absolute atomic E-state index is 3.24. The summed E-state index contributed by atoms with van der Waals surface area (Å²) in [7, 11) is -3.24. The maximum Gasteiger partial charge on any atom is 0.252 e. The molecule has 0 bridgehead atoms. The van der Waals surface area contributed by atoms with Crippen molar-refractivity contribution >= 4 is 117 Å². The van der Waals surface area contributed by atoms with Gasteiger partial charge in [-0.05, 0) is 174 Å². The largest absolute Gasteiger partial charge is 0.310 e. The van der Waals surface area contributed by atoms with Gasteiger partial charge in [0, 0.05) is 54.9 Å². The van der Waals surface area contributed by atoms with E-state index in [0.29, 0.717) is 0 Å². The van der Waals surface area contributed by atoms with E-state index in [1.54, 1.807) is 15.6 Å². The third-order valence-electron chi connectivity index (χ3n) is 21.4. The Morgan fingerprint density at radius 2 is 0.851 bits per heavy atom. The Bertz CT molecular complexity index is 5070. The van der Waals surface area contributed by atoms with Gasteiger partial charge in [0.15, 0.2) is 8.07 Å². The Labute approximate surface area is 517 Å². The van der Waals surface area contributed by atoms with Crippen LogP contribution in [0.2, 0.25) is 0 Å². The van der Waals surface area contributed by atoms with Crippen molar-refractivity contribution < 1.29 is 0 Å². The zero-order valence-corrected chi connectivity index (χ0v) is 56.7. The van der Waals surface area contributed by atoms with Gasteiger partial charge in [-0.15, -0.1) is 0 Å². The van der Waals surface area contributed by atoms with Crippen LogP contribution in [0.1, 0.15) is 184 Å². The summed E-state index contributed by atoms with van der Waals surface area (Å²) in [6.45, 7) is 50.5. The van der Waals surface area contributed by atoms with Crippen LogP contribution in [0.4, 0.5) is 0 Å². The molecule has 0 unspecified atom stereocenters. The molecule has 4 aliphatic rings. The first-order valence-electron chi connectivity index (χ1n) is 32.5. The Hall–Kier alpha value is -7.34. The van der Waals surface area contributed by atoms with E-state index < -0.39 is 8.07 Å². The molecule has 3 nitrogen and oxygen atoms in total. The Balaban J connectivity index is 1.18. The van der Waals surface area contributed by atoms with Crippen molar-refractivity contribution in [3.8, 4) is 28.2 Å². The second-order valence-electron chi connectivity index (χ2n) is 34.3. The lowest BCUT2D eigenvalue weighted by Crippen LogP contribution is -2.77. The van der Waals surface area contributed by atoms with E-state index in [4.69, 9.17) is 0 Å². The lowest BCUT2D eigenvalue weighted by molar-refractivity contribution is 0.589. The third kappa shape index (κ3) is 7.13. The van der Waals surface area contributed by atoms with E-state index in [1.165, 1.54) is 154 Å². The molecular weight excluding hydrogens is 1070 g/mol. The standard InChI is InChI=1S/C82H86BN3Si/c1-76(2,3)45-24-22-25-51(36-45)84-62-40-46(77(4,5)6)30-33-54(62)68-63(84)44-59-74-70(68)69-57(82(19,20)21)26-23-27-60(69)85(74)61-34-35-64-75-71(61)83(59)58-39-49(80(13,14)15)37-55-56-38-50(81(16,17)18)43-67(73(56)86(75)72(55)58)87(64)65-41-47(78(7,8)9)28-31-52(65)53-32-29-48(42-66(53)87)79(10,11)12/h22-44H,1-21H3. The second-order valence-corrected chi connectivity index (χ2v) is 38.0. The van der Waals surface area contributed by atoms with Gasteiger partial charge in [-0.1, -0.05) is 236 Å². The summed E-state index contributed by atoms with van der Waals surface area (Å²) in [5.74, 6) is 0. The van der Waals surface area contributed by atoms with Gasteiger partial charge in [0.1, 0.15) is 0 Å². The van der Waals surface area contributed by atoms with Gasteiger partial charge in [0.25, 0.3) is 6.71 Å². The Morgan fingerprint density at radius 1 is 0.322 bits per heavy atom. The number of aromatic nitrogens is 3. The van der Waals surface area contributed by atoms with Crippen LogP contribution in [0.25, 0.3) is 93.6 Å². The van der Waals surface area contributed by atoms with Crippen LogP contribution in [-0.4, -0.2) is 28.5 Å². The van der Waals surface area contributed by atoms with Crippen molar-refractivity contribution in [2.45, 2.75) is 183 Å². The van der Waals surface area contributed by atoms with E-state index in [2.05, 4.69) is 299 Å². The summed E-state index contributed by atoms with van der Waals surface area (Å²) in [4.78, 5) is 0. The van der Waals surface area contributed by atoms with E-state index in [0.717, 1.165) is 0 Å². The van der Waals surface area contributed by atoms with Crippen molar-refractivity contribution in [3.05, 3.63) is 178 Å². The average Bonchev–Trinajstić information content (AvgIpc) is 1.53. The minimum Gasteiger partial charge on any atom is -0.310 e. The minimum absolute atomic E-state index is 0.0381. The van der Waals surface area contributed by atoms with Crippen LogP contribution in [0.3, 0.4) is 0 Å². The number of hydrogen-bond acceptors (Lipinski definition) is 0. The predicted octanol–water partition coefficient (Wildman–Crippen LogP) is 16.9. The highest BCUT2D eigenvalue weighted by Crippen LogP contribution is 2.50. The van der Waals surface area contributed by atoms with Crippen LogP contribution in [0.5, 0.6) is 0 Å². The molecule has 16 rings (SSSR count). The first kappa shape index (κ1) is 55.0. The third-order valence-corrected chi connectivity index (χ3v) is 26.3. The Kier molecular flexibility index (Phi) is 10.5. The number of rotatable bonds is 1. The highest BCUT2D eigenvalue weighted by Gasteiger charge is 2.57. The number of fused-ring (bicyclic) bond motifs is 18. The first-order chi connectivity index (χ1) is 40.6. The molecule has 0 fully saturated rings. The summed E-state index contributed by atoms with van der Waals surface area (Å²) in [5.41, 5.74) is 28.2. The number of benzene rings is 9. The van der Waals surface area contributed by atoms with E-state index in [9.17, 15) is 0 Å². The normalized spacial score (nSPS) is 15.3. The molecule has 0 saturated heterocycles. The van der Waals surface area contributed by atoms with Gasteiger partial charge in [-0.2, -0.15) is 0 Å². The zero-order chi connectivity index (χ0) is 61.5.